The summed E-state index contributed by atoms with van der Waals surface area (Å²) in [5, 5.41) is 7.73. The van der Waals surface area contributed by atoms with E-state index in [-0.39, 0.29) is 0 Å². The number of pyridine rings is 2. The summed E-state index contributed by atoms with van der Waals surface area (Å²) in [5.41, 5.74) is 9.21. The van der Waals surface area contributed by atoms with Crippen molar-refractivity contribution in [2.45, 2.75) is 33.1 Å². The SMILES string of the molecule is C=C/C(=C\C(=C/C)c1ccc2[nH]nc(-c3nc4c(-c5ccc(C(=C)C)s5)cncc4[nH]3)c2n1)CN1CCCCC1. The zero-order valence-electron chi connectivity index (χ0n) is 23.0. The lowest BCUT2D eigenvalue weighted by molar-refractivity contribution is 0.248. The van der Waals surface area contributed by atoms with Gasteiger partial charge in [0.1, 0.15) is 11.0 Å². The second kappa shape index (κ2) is 11.2. The van der Waals surface area contributed by atoms with Gasteiger partial charge < -0.3 is 4.98 Å². The number of H-pyrrole nitrogens is 2. The summed E-state index contributed by atoms with van der Waals surface area (Å²) in [7, 11) is 0. The number of hydrogen-bond acceptors (Lipinski definition) is 6. The molecule has 1 fully saturated rings. The molecule has 0 aromatic carbocycles. The van der Waals surface area contributed by atoms with E-state index in [2.05, 4.69) is 62.5 Å². The Labute approximate surface area is 238 Å². The van der Waals surface area contributed by atoms with Crippen LogP contribution in [-0.2, 0) is 0 Å². The van der Waals surface area contributed by atoms with Crippen LogP contribution in [-0.4, -0.2) is 54.7 Å². The maximum atomic E-state index is 5.05. The van der Waals surface area contributed by atoms with Crippen molar-refractivity contribution in [3.63, 3.8) is 0 Å². The maximum absolute atomic E-state index is 5.05. The van der Waals surface area contributed by atoms with E-state index in [9.17, 15) is 0 Å². The second-order valence-corrected chi connectivity index (χ2v) is 11.4. The van der Waals surface area contributed by atoms with E-state index in [1.807, 2.05) is 38.3 Å². The van der Waals surface area contributed by atoms with Crippen molar-refractivity contribution in [2.24, 2.45) is 0 Å². The smallest absolute Gasteiger partial charge is 0.161 e. The summed E-state index contributed by atoms with van der Waals surface area (Å²) >= 11 is 1.69. The van der Waals surface area contributed by atoms with Gasteiger partial charge >= 0.3 is 0 Å². The number of imidazole rings is 1. The predicted octanol–water partition coefficient (Wildman–Crippen LogP) is 7.66. The van der Waals surface area contributed by atoms with Crippen molar-refractivity contribution in [2.75, 3.05) is 19.6 Å². The van der Waals surface area contributed by atoms with Crippen LogP contribution in [0.1, 0.15) is 43.7 Å². The van der Waals surface area contributed by atoms with Gasteiger partial charge in [0, 0.05) is 28.1 Å². The Hall–Kier alpha value is -4.14. The molecule has 0 aliphatic carbocycles. The topological polar surface area (TPSA) is 86.4 Å². The van der Waals surface area contributed by atoms with Crippen LogP contribution in [0.4, 0.5) is 0 Å². The highest BCUT2D eigenvalue weighted by molar-refractivity contribution is 7.16. The summed E-state index contributed by atoms with van der Waals surface area (Å²) in [6, 6.07) is 8.27. The Morgan fingerprint density at radius 3 is 2.65 bits per heavy atom. The highest BCUT2D eigenvalue weighted by atomic mass is 32.1. The summed E-state index contributed by atoms with van der Waals surface area (Å²) in [6.45, 7) is 15.4. The monoisotopic (exact) mass is 547 g/mol. The molecule has 5 aromatic heterocycles. The first-order chi connectivity index (χ1) is 19.5. The van der Waals surface area contributed by atoms with Crippen molar-refractivity contribution in [3.8, 4) is 22.0 Å². The molecule has 1 saturated heterocycles. The van der Waals surface area contributed by atoms with Crippen LogP contribution in [0.15, 0.2) is 73.6 Å². The number of thiophene rings is 1. The van der Waals surface area contributed by atoms with Gasteiger partial charge in [-0.25, -0.2) is 9.97 Å². The highest BCUT2D eigenvalue weighted by Gasteiger charge is 2.18. The summed E-state index contributed by atoms with van der Waals surface area (Å²) in [6.07, 6.45) is 13.8. The van der Waals surface area contributed by atoms with Gasteiger partial charge in [-0.1, -0.05) is 31.7 Å². The minimum atomic E-state index is 0.659. The molecule has 7 nitrogen and oxygen atoms in total. The molecule has 5 aromatic rings. The standard InChI is InChI=1S/C32H33N7S/c1-5-21(19-39-14-8-7-9-15-39)16-22(6-2)24-10-11-25-30(34-24)31(38-37-25)32-35-26-18-33-17-23(29(26)36-32)28-13-12-27(40-28)20(3)4/h5-6,10-13,16-18H,1,3,7-9,14-15,19H2,2,4H3,(H,35,36)(H,37,38)/b21-16+,22-6+. The number of rotatable bonds is 8. The molecule has 202 valence electrons. The van der Waals surface area contributed by atoms with Gasteiger partial charge in [-0.05, 0) is 86.8 Å². The Morgan fingerprint density at radius 1 is 1.05 bits per heavy atom. The Bertz CT molecular complexity index is 1780. The first-order valence-corrected chi connectivity index (χ1v) is 14.5. The van der Waals surface area contributed by atoms with Crippen molar-refractivity contribution in [1.29, 1.82) is 0 Å². The third-order valence-corrected chi connectivity index (χ3v) is 8.66. The largest absolute Gasteiger partial charge is 0.335 e. The quantitative estimate of drug-likeness (QED) is 0.195. The number of fused-ring (bicyclic) bond motifs is 2. The van der Waals surface area contributed by atoms with Crippen LogP contribution in [0.5, 0.6) is 0 Å². The van der Waals surface area contributed by atoms with Gasteiger partial charge in [0.05, 0.1) is 22.9 Å². The van der Waals surface area contributed by atoms with Crippen LogP contribution >= 0.6 is 11.3 Å². The van der Waals surface area contributed by atoms with Crippen molar-refractivity contribution in [3.05, 3.63) is 84.2 Å². The third kappa shape index (κ3) is 5.08. The Kier molecular flexibility index (Phi) is 7.28. The van der Waals surface area contributed by atoms with Crippen LogP contribution in [0.3, 0.4) is 0 Å². The Morgan fingerprint density at radius 2 is 1.90 bits per heavy atom. The number of aromatic nitrogens is 6. The first kappa shape index (κ1) is 26.1. The van der Waals surface area contributed by atoms with E-state index in [0.717, 1.165) is 73.9 Å². The minimum Gasteiger partial charge on any atom is -0.335 e. The van der Waals surface area contributed by atoms with Gasteiger partial charge in [0.15, 0.2) is 11.5 Å². The second-order valence-electron chi connectivity index (χ2n) is 10.3. The van der Waals surface area contributed by atoms with E-state index >= 15 is 0 Å². The van der Waals surface area contributed by atoms with E-state index in [0.29, 0.717) is 11.5 Å². The van der Waals surface area contributed by atoms with E-state index in [4.69, 9.17) is 9.97 Å². The number of nitrogens with one attached hydrogen (secondary N) is 2. The van der Waals surface area contributed by atoms with E-state index < -0.39 is 0 Å². The molecule has 0 amide bonds. The fraction of sp³-hybridized carbons (Fsp3) is 0.250. The van der Waals surface area contributed by atoms with E-state index in [1.54, 1.807) is 17.5 Å². The average molecular weight is 548 g/mol. The lowest BCUT2D eigenvalue weighted by Crippen LogP contribution is -2.31. The number of hydrogen-bond donors (Lipinski definition) is 2. The summed E-state index contributed by atoms with van der Waals surface area (Å²) < 4.78 is 0. The van der Waals surface area contributed by atoms with Gasteiger partial charge in [-0.3, -0.25) is 15.0 Å². The number of aromatic amines is 2. The molecule has 0 spiro atoms. The average Bonchev–Trinajstić information content (AvgIpc) is 3.73. The summed E-state index contributed by atoms with van der Waals surface area (Å²) in [4.78, 5) is 22.7. The zero-order valence-corrected chi connectivity index (χ0v) is 23.8. The Balaban J connectivity index is 1.36. The molecule has 0 atom stereocenters. The molecular formula is C32H33N7S. The van der Waals surface area contributed by atoms with Crippen LogP contribution in [0, 0.1) is 0 Å². The first-order valence-electron chi connectivity index (χ1n) is 13.7. The minimum absolute atomic E-state index is 0.659. The molecule has 2 N–H and O–H groups in total. The zero-order chi connectivity index (χ0) is 27.6. The van der Waals surface area contributed by atoms with Gasteiger partial charge in [0.2, 0.25) is 0 Å². The molecule has 0 bridgehead atoms. The van der Waals surface area contributed by atoms with Gasteiger partial charge in [-0.2, -0.15) is 5.10 Å². The highest BCUT2D eigenvalue weighted by Crippen LogP contribution is 2.36. The lowest BCUT2D eigenvalue weighted by Gasteiger charge is -2.26. The normalized spacial score (nSPS) is 15.2. The van der Waals surface area contributed by atoms with Crippen LogP contribution < -0.4 is 0 Å². The number of allylic oxidation sites excluding steroid dienone is 4. The van der Waals surface area contributed by atoms with Crippen LogP contribution in [0.2, 0.25) is 0 Å². The van der Waals surface area contributed by atoms with Gasteiger partial charge in [-0.15, -0.1) is 11.3 Å². The van der Waals surface area contributed by atoms with Gasteiger partial charge in [0.25, 0.3) is 0 Å². The molecule has 1 aliphatic heterocycles. The maximum Gasteiger partial charge on any atom is 0.161 e. The molecule has 8 heteroatoms. The number of nitrogens with zero attached hydrogens (tertiary/aromatic N) is 5. The molecule has 0 radical (unpaired) electrons. The molecule has 1 aliphatic rings. The van der Waals surface area contributed by atoms with Crippen molar-refractivity contribution < 1.29 is 0 Å². The molecule has 40 heavy (non-hydrogen) atoms. The molecule has 0 unspecified atom stereocenters. The van der Waals surface area contributed by atoms with Crippen LogP contribution in [0.25, 0.3) is 55.2 Å². The predicted molar refractivity (Wildman–Crippen MR) is 167 cm³/mol. The van der Waals surface area contributed by atoms with E-state index in [1.165, 1.54) is 24.8 Å². The fourth-order valence-corrected chi connectivity index (χ4v) is 6.15. The number of piperidine rings is 1. The fourth-order valence-electron chi connectivity index (χ4n) is 5.21. The lowest BCUT2D eigenvalue weighted by atomic mass is 10.0. The molecule has 6 rings (SSSR count). The molecular weight excluding hydrogens is 514 g/mol. The molecule has 6 heterocycles. The summed E-state index contributed by atoms with van der Waals surface area (Å²) in [5.74, 6) is 0.659. The number of likely N-dealkylation sites (tertiary alicyclic amines) is 1. The van der Waals surface area contributed by atoms with Crippen molar-refractivity contribution in [1.82, 2.24) is 35.0 Å². The third-order valence-electron chi connectivity index (χ3n) is 7.38. The molecule has 0 saturated carbocycles. The van der Waals surface area contributed by atoms with Crippen molar-refractivity contribution >= 4 is 44.5 Å².